The molecule has 2 aliphatic rings. The third kappa shape index (κ3) is 6.78. The zero-order chi connectivity index (χ0) is 27.2. The van der Waals surface area contributed by atoms with Crippen molar-refractivity contribution in [3.05, 3.63) is 70.8 Å². The van der Waals surface area contributed by atoms with Crippen LogP contribution in [-0.4, -0.2) is 59.6 Å². The van der Waals surface area contributed by atoms with Crippen molar-refractivity contribution in [2.75, 3.05) is 32.7 Å². The SMILES string of the molecule is CC(C)C(C(=O)O)N1CC(CN2CCC(CCCc3cccc(F)c3C#N)CC2)C(c2cccc(F)c2)C1. The molecule has 0 aliphatic carbocycles. The van der Waals surface area contributed by atoms with Crippen LogP contribution in [0.25, 0.3) is 0 Å². The van der Waals surface area contributed by atoms with E-state index >= 15 is 0 Å². The fourth-order valence-electron chi connectivity index (χ4n) is 6.57. The Balaban J connectivity index is 1.33. The minimum Gasteiger partial charge on any atom is -0.480 e. The molecule has 0 aromatic heterocycles. The number of hydrogen-bond donors (Lipinski definition) is 1. The second kappa shape index (κ2) is 12.8. The Bertz CT molecular complexity index is 1140. The Kier molecular flexibility index (Phi) is 9.51. The lowest BCUT2D eigenvalue weighted by Crippen LogP contribution is -2.44. The predicted molar refractivity (Wildman–Crippen MR) is 144 cm³/mol. The number of aryl methyl sites for hydroxylation is 1. The summed E-state index contributed by atoms with van der Waals surface area (Å²) in [5.41, 5.74) is 1.91. The molecule has 0 spiro atoms. The molecule has 4 rings (SSSR count). The molecule has 38 heavy (non-hydrogen) atoms. The van der Waals surface area contributed by atoms with Crippen molar-refractivity contribution < 1.29 is 18.7 Å². The van der Waals surface area contributed by atoms with E-state index in [9.17, 15) is 23.9 Å². The molecule has 0 bridgehead atoms. The van der Waals surface area contributed by atoms with E-state index < -0.39 is 17.8 Å². The number of carboxylic acid groups (broad SMARTS) is 1. The van der Waals surface area contributed by atoms with Crippen molar-refractivity contribution in [3.8, 4) is 6.07 Å². The quantitative estimate of drug-likeness (QED) is 0.433. The second-order valence-corrected chi connectivity index (χ2v) is 11.4. The van der Waals surface area contributed by atoms with Crippen LogP contribution in [-0.2, 0) is 11.2 Å². The van der Waals surface area contributed by atoms with Crippen LogP contribution in [0.4, 0.5) is 8.78 Å². The van der Waals surface area contributed by atoms with Crippen molar-refractivity contribution in [1.29, 1.82) is 5.26 Å². The zero-order valence-electron chi connectivity index (χ0n) is 22.5. The van der Waals surface area contributed by atoms with Gasteiger partial charge in [-0.3, -0.25) is 9.69 Å². The van der Waals surface area contributed by atoms with E-state index in [1.807, 2.05) is 32.0 Å². The molecule has 0 radical (unpaired) electrons. The first-order chi connectivity index (χ1) is 18.3. The molecule has 3 atom stereocenters. The van der Waals surface area contributed by atoms with Gasteiger partial charge in [0.2, 0.25) is 0 Å². The summed E-state index contributed by atoms with van der Waals surface area (Å²) >= 11 is 0. The molecule has 2 aromatic carbocycles. The number of carboxylic acids is 1. The summed E-state index contributed by atoms with van der Waals surface area (Å²) in [6, 6.07) is 13.1. The molecule has 2 aromatic rings. The molecule has 2 saturated heterocycles. The highest BCUT2D eigenvalue weighted by molar-refractivity contribution is 5.73. The highest BCUT2D eigenvalue weighted by Crippen LogP contribution is 2.36. The Morgan fingerprint density at radius 3 is 2.53 bits per heavy atom. The monoisotopic (exact) mass is 523 g/mol. The maximum Gasteiger partial charge on any atom is 0.321 e. The number of nitrogens with zero attached hydrogens (tertiary/aromatic N) is 3. The first-order valence-electron chi connectivity index (χ1n) is 13.9. The van der Waals surface area contributed by atoms with Crippen LogP contribution < -0.4 is 0 Å². The van der Waals surface area contributed by atoms with E-state index in [0.717, 1.165) is 56.4 Å². The Morgan fingerprint density at radius 1 is 1.13 bits per heavy atom. The number of hydrogen-bond acceptors (Lipinski definition) is 4. The van der Waals surface area contributed by atoms with Crippen molar-refractivity contribution in [2.45, 2.75) is 57.9 Å². The molecular formula is C31H39F2N3O2. The number of carbonyl (C=O) groups is 1. The molecule has 2 aliphatic heterocycles. The summed E-state index contributed by atoms with van der Waals surface area (Å²) in [4.78, 5) is 16.6. The van der Waals surface area contributed by atoms with Gasteiger partial charge in [0.1, 0.15) is 23.7 Å². The van der Waals surface area contributed by atoms with Gasteiger partial charge >= 0.3 is 5.97 Å². The lowest BCUT2D eigenvalue weighted by Gasteiger charge is -2.35. The molecule has 0 amide bonds. The van der Waals surface area contributed by atoms with Gasteiger partial charge in [-0.1, -0.05) is 44.5 Å². The average molecular weight is 524 g/mol. The van der Waals surface area contributed by atoms with Crippen molar-refractivity contribution in [2.24, 2.45) is 17.8 Å². The van der Waals surface area contributed by atoms with Crippen LogP contribution in [0.1, 0.15) is 62.1 Å². The van der Waals surface area contributed by atoms with Crippen LogP contribution in [0.2, 0.25) is 0 Å². The topological polar surface area (TPSA) is 67.6 Å². The standard InChI is InChI=1S/C31H39F2N3O2/c1-21(2)30(31(37)38)36-19-25(28(20-36)24-9-4-10-26(32)16-24)18-35-14-12-22(13-15-35)6-3-7-23-8-5-11-29(33)27(23)17-34/h4-5,8-11,16,21-22,25,28,30H,3,6-7,12-15,18-20H2,1-2H3,(H,37,38). The maximum atomic E-state index is 14.1. The van der Waals surface area contributed by atoms with Crippen molar-refractivity contribution >= 4 is 5.97 Å². The first-order valence-corrected chi connectivity index (χ1v) is 13.9. The van der Waals surface area contributed by atoms with Gasteiger partial charge in [0, 0.05) is 25.6 Å². The lowest BCUT2D eigenvalue weighted by atomic mass is 9.86. The summed E-state index contributed by atoms with van der Waals surface area (Å²) in [5.74, 6) is -0.535. The summed E-state index contributed by atoms with van der Waals surface area (Å²) < 4.78 is 27.9. The molecule has 5 nitrogen and oxygen atoms in total. The van der Waals surface area contributed by atoms with Gasteiger partial charge in [-0.05, 0) is 85.9 Å². The second-order valence-electron chi connectivity index (χ2n) is 11.4. The number of benzene rings is 2. The van der Waals surface area contributed by atoms with E-state index in [2.05, 4.69) is 9.80 Å². The third-order valence-electron chi connectivity index (χ3n) is 8.49. The van der Waals surface area contributed by atoms with Crippen LogP contribution in [0.5, 0.6) is 0 Å². The summed E-state index contributed by atoms with van der Waals surface area (Å²) in [6.07, 6.45) is 4.91. The van der Waals surface area contributed by atoms with Crippen LogP contribution in [0, 0.1) is 40.7 Å². The van der Waals surface area contributed by atoms with E-state index in [-0.39, 0.29) is 29.1 Å². The Morgan fingerprint density at radius 2 is 1.87 bits per heavy atom. The molecule has 2 heterocycles. The van der Waals surface area contributed by atoms with Gasteiger partial charge in [-0.15, -0.1) is 0 Å². The summed E-state index contributed by atoms with van der Waals surface area (Å²) in [7, 11) is 0. The number of aliphatic carboxylic acids is 1. The predicted octanol–water partition coefficient (Wildman–Crippen LogP) is 5.70. The van der Waals surface area contributed by atoms with Gasteiger partial charge in [0.25, 0.3) is 0 Å². The fraction of sp³-hybridized carbons (Fsp3) is 0.548. The van der Waals surface area contributed by atoms with Gasteiger partial charge in [-0.2, -0.15) is 5.26 Å². The number of nitriles is 1. The number of halogens is 2. The van der Waals surface area contributed by atoms with Gasteiger partial charge in [0.15, 0.2) is 0 Å². The minimum atomic E-state index is -0.792. The van der Waals surface area contributed by atoms with Crippen LogP contribution >= 0.6 is 0 Å². The number of piperidine rings is 1. The fourth-order valence-corrected chi connectivity index (χ4v) is 6.57. The largest absolute Gasteiger partial charge is 0.480 e. The smallest absolute Gasteiger partial charge is 0.321 e. The van der Waals surface area contributed by atoms with Gasteiger partial charge in [-0.25, -0.2) is 8.78 Å². The maximum absolute atomic E-state index is 14.1. The minimum absolute atomic E-state index is 0.00762. The zero-order valence-corrected chi connectivity index (χ0v) is 22.5. The molecular weight excluding hydrogens is 484 g/mol. The lowest BCUT2D eigenvalue weighted by molar-refractivity contribution is -0.144. The van der Waals surface area contributed by atoms with Gasteiger partial charge in [0.05, 0.1) is 5.56 Å². The average Bonchev–Trinajstić information content (AvgIpc) is 3.27. The molecule has 1 N–H and O–H groups in total. The Labute approximate surface area is 225 Å². The number of rotatable bonds is 10. The molecule has 0 saturated carbocycles. The van der Waals surface area contributed by atoms with Crippen LogP contribution in [0.15, 0.2) is 42.5 Å². The highest BCUT2D eigenvalue weighted by atomic mass is 19.1. The molecule has 7 heteroatoms. The normalized spacial score (nSPS) is 22.0. The molecule has 2 fully saturated rings. The highest BCUT2D eigenvalue weighted by Gasteiger charge is 2.41. The Hall–Kier alpha value is -2.82. The molecule has 204 valence electrons. The number of likely N-dealkylation sites (tertiary alicyclic amines) is 2. The first kappa shape index (κ1) is 28.2. The van der Waals surface area contributed by atoms with E-state index in [1.165, 1.54) is 12.1 Å². The van der Waals surface area contributed by atoms with E-state index in [1.54, 1.807) is 18.2 Å². The van der Waals surface area contributed by atoms with E-state index in [4.69, 9.17) is 0 Å². The van der Waals surface area contributed by atoms with E-state index in [0.29, 0.717) is 25.4 Å². The van der Waals surface area contributed by atoms with Crippen molar-refractivity contribution in [1.82, 2.24) is 9.80 Å². The van der Waals surface area contributed by atoms with Gasteiger partial charge < -0.3 is 10.0 Å². The van der Waals surface area contributed by atoms with Crippen LogP contribution in [0.3, 0.4) is 0 Å². The molecule has 3 unspecified atom stereocenters. The summed E-state index contributed by atoms with van der Waals surface area (Å²) in [5, 5.41) is 19.1. The third-order valence-corrected chi connectivity index (χ3v) is 8.49. The summed E-state index contributed by atoms with van der Waals surface area (Å²) in [6.45, 7) is 8.09. The van der Waals surface area contributed by atoms with Crippen molar-refractivity contribution in [3.63, 3.8) is 0 Å².